The minimum atomic E-state index is -0.0966. The number of carbonyl (C=O) groups is 1. The van der Waals surface area contributed by atoms with Gasteiger partial charge in [0.05, 0.1) is 5.56 Å². The lowest BCUT2D eigenvalue weighted by Crippen LogP contribution is -2.25. The van der Waals surface area contributed by atoms with Gasteiger partial charge in [0.25, 0.3) is 5.91 Å². The van der Waals surface area contributed by atoms with Crippen molar-refractivity contribution < 1.29 is 4.79 Å². The van der Waals surface area contributed by atoms with E-state index in [2.05, 4.69) is 29.1 Å². The van der Waals surface area contributed by atoms with Crippen LogP contribution in [0.2, 0.25) is 5.02 Å². The van der Waals surface area contributed by atoms with Crippen LogP contribution in [0.25, 0.3) is 10.9 Å². The van der Waals surface area contributed by atoms with Gasteiger partial charge in [-0.1, -0.05) is 31.5 Å². The number of rotatable bonds is 5. The first kappa shape index (κ1) is 16.5. The van der Waals surface area contributed by atoms with Crippen molar-refractivity contribution >= 4 is 28.4 Å². The Morgan fingerprint density at radius 2 is 2.12 bits per heavy atom. The van der Waals surface area contributed by atoms with Crippen molar-refractivity contribution in [2.45, 2.75) is 26.2 Å². The third kappa shape index (κ3) is 3.60. The molecule has 0 aliphatic carbocycles. The highest BCUT2D eigenvalue weighted by Crippen LogP contribution is 2.22. The number of halogens is 1. The van der Waals surface area contributed by atoms with E-state index in [4.69, 9.17) is 11.6 Å². The molecule has 0 spiro atoms. The van der Waals surface area contributed by atoms with Gasteiger partial charge in [0.2, 0.25) is 0 Å². The Kier molecular flexibility index (Phi) is 4.86. The first-order chi connectivity index (χ1) is 11.5. The maximum atomic E-state index is 12.2. The van der Waals surface area contributed by atoms with Crippen LogP contribution in [-0.2, 0) is 6.42 Å². The lowest BCUT2D eigenvalue weighted by Gasteiger charge is -2.07. The van der Waals surface area contributed by atoms with Crippen LogP contribution in [0, 0.1) is 0 Å². The van der Waals surface area contributed by atoms with Crippen molar-refractivity contribution in [1.29, 1.82) is 0 Å². The molecule has 0 bridgehead atoms. The van der Waals surface area contributed by atoms with Crippen molar-refractivity contribution in [2.75, 3.05) is 6.54 Å². The van der Waals surface area contributed by atoms with Gasteiger partial charge >= 0.3 is 0 Å². The SMILES string of the molecule is CC(C)c1ccc(C(=O)NCCc2c[nH]c3cc(Cl)ccc23)cn1. The largest absolute Gasteiger partial charge is 0.361 e. The molecule has 1 aromatic carbocycles. The summed E-state index contributed by atoms with van der Waals surface area (Å²) in [5.74, 6) is 0.262. The molecule has 0 aliphatic rings. The maximum absolute atomic E-state index is 12.2. The zero-order chi connectivity index (χ0) is 17.1. The Labute approximate surface area is 146 Å². The van der Waals surface area contributed by atoms with Gasteiger partial charge in [-0.15, -0.1) is 0 Å². The van der Waals surface area contributed by atoms with Crippen LogP contribution < -0.4 is 5.32 Å². The summed E-state index contributed by atoms with van der Waals surface area (Å²) in [6, 6.07) is 9.51. The number of amides is 1. The van der Waals surface area contributed by atoms with Gasteiger partial charge < -0.3 is 10.3 Å². The van der Waals surface area contributed by atoms with Crippen molar-refractivity contribution in [1.82, 2.24) is 15.3 Å². The lowest BCUT2D eigenvalue weighted by atomic mass is 10.1. The number of nitrogens with zero attached hydrogens (tertiary/aromatic N) is 1. The van der Waals surface area contributed by atoms with E-state index in [1.54, 1.807) is 6.20 Å². The quantitative estimate of drug-likeness (QED) is 0.726. The zero-order valence-corrected chi connectivity index (χ0v) is 14.5. The monoisotopic (exact) mass is 341 g/mol. The van der Waals surface area contributed by atoms with Crippen molar-refractivity contribution in [3.8, 4) is 0 Å². The molecule has 0 atom stereocenters. The van der Waals surface area contributed by atoms with Gasteiger partial charge in [-0.25, -0.2) is 0 Å². The molecule has 3 rings (SSSR count). The average Bonchev–Trinajstić information content (AvgIpc) is 2.97. The second-order valence-electron chi connectivity index (χ2n) is 6.14. The fourth-order valence-corrected chi connectivity index (χ4v) is 2.83. The summed E-state index contributed by atoms with van der Waals surface area (Å²) >= 11 is 5.99. The van der Waals surface area contributed by atoms with Gasteiger partial charge in [0, 0.05) is 40.6 Å². The van der Waals surface area contributed by atoms with Crippen LogP contribution >= 0.6 is 11.6 Å². The van der Waals surface area contributed by atoms with Gasteiger partial charge in [-0.3, -0.25) is 9.78 Å². The van der Waals surface area contributed by atoms with Crippen LogP contribution in [0.1, 0.15) is 41.4 Å². The van der Waals surface area contributed by atoms with Crippen LogP contribution in [0.4, 0.5) is 0 Å². The summed E-state index contributed by atoms with van der Waals surface area (Å²) in [5.41, 5.74) is 3.75. The van der Waals surface area contributed by atoms with Crippen LogP contribution in [0.5, 0.6) is 0 Å². The predicted octanol–water partition coefficient (Wildman–Crippen LogP) is 4.31. The number of hydrogen-bond donors (Lipinski definition) is 2. The minimum absolute atomic E-state index is 0.0966. The van der Waals surface area contributed by atoms with Crippen LogP contribution in [0.15, 0.2) is 42.7 Å². The van der Waals surface area contributed by atoms with E-state index in [1.807, 2.05) is 36.5 Å². The number of hydrogen-bond acceptors (Lipinski definition) is 2. The summed E-state index contributed by atoms with van der Waals surface area (Å²) in [7, 11) is 0. The number of aromatic nitrogens is 2. The lowest BCUT2D eigenvalue weighted by molar-refractivity contribution is 0.0953. The molecule has 2 heterocycles. The smallest absolute Gasteiger partial charge is 0.252 e. The number of aromatic amines is 1. The highest BCUT2D eigenvalue weighted by atomic mass is 35.5. The van der Waals surface area contributed by atoms with Gasteiger partial charge in [0.1, 0.15) is 0 Å². The molecule has 2 aromatic heterocycles. The minimum Gasteiger partial charge on any atom is -0.361 e. The van der Waals surface area contributed by atoms with Gasteiger partial charge in [-0.2, -0.15) is 0 Å². The van der Waals surface area contributed by atoms with E-state index in [0.717, 1.165) is 28.6 Å². The maximum Gasteiger partial charge on any atom is 0.252 e. The first-order valence-corrected chi connectivity index (χ1v) is 8.42. The summed E-state index contributed by atoms with van der Waals surface area (Å²) in [5, 5.41) is 4.79. The molecular formula is C19H20ClN3O. The highest BCUT2D eigenvalue weighted by Gasteiger charge is 2.08. The molecule has 2 N–H and O–H groups in total. The number of carbonyl (C=O) groups excluding carboxylic acids is 1. The molecular weight excluding hydrogens is 322 g/mol. The van der Waals surface area contributed by atoms with E-state index < -0.39 is 0 Å². The fourth-order valence-electron chi connectivity index (χ4n) is 2.66. The average molecular weight is 342 g/mol. The van der Waals surface area contributed by atoms with E-state index in [9.17, 15) is 4.79 Å². The van der Waals surface area contributed by atoms with E-state index in [-0.39, 0.29) is 5.91 Å². The van der Waals surface area contributed by atoms with Crippen LogP contribution in [-0.4, -0.2) is 22.4 Å². The Morgan fingerprint density at radius 3 is 2.83 bits per heavy atom. The molecule has 124 valence electrons. The summed E-state index contributed by atoms with van der Waals surface area (Å²) in [6.45, 7) is 4.73. The molecule has 1 amide bonds. The molecule has 0 unspecified atom stereocenters. The van der Waals surface area contributed by atoms with Gasteiger partial charge in [0.15, 0.2) is 0 Å². The Hall–Kier alpha value is -2.33. The predicted molar refractivity (Wildman–Crippen MR) is 97.7 cm³/mol. The molecule has 0 fully saturated rings. The second kappa shape index (κ2) is 7.05. The second-order valence-corrected chi connectivity index (χ2v) is 6.57. The Balaban J connectivity index is 1.60. The van der Waals surface area contributed by atoms with Crippen molar-refractivity contribution in [3.05, 3.63) is 64.6 Å². The summed E-state index contributed by atoms with van der Waals surface area (Å²) in [6.07, 6.45) is 4.36. The number of H-pyrrole nitrogens is 1. The molecule has 24 heavy (non-hydrogen) atoms. The molecule has 3 aromatic rings. The first-order valence-electron chi connectivity index (χ1n) is 8.04. The molecule has 0 saturated heterocycles. The van der Waals surface area contributed by atoms with E-state index in [1.165, 1.54) is 0 Å². The number of fused-ring (bicyclic) bond motifs is 1. The Bertz CT molecular complexity index is 853. The zero-order valence-electron chi connectivity index (χ0n) is 13.8. The summed E-state index contributed by atoms with van der Waals surface area (Å²) < 4.78 is 0. The highest BCUT2D eigenvalue weighted by molar-refractivity contribution is 6.31. The normalized spacial score (nSPS) is 11.2. The number of nitrogens with one attached hydrogen (secondary N) is 2. The standard InChI is InChI=1S/C19H20ClN3O/c1-12(2)17-6-3-14(11-22-17)19(24)21-8-7-13-10-23-18-9-15(20)4-5-16(13)18/h3-6,9-12,23H,7-8H2,1-2H3,(H,21,24). The number of pyridine rings is 1. The molecule has 0 aliphatic heterocycles. The van der Waals surface area contributed by atoms with Crippen LogP contribution in [0.3, 0.4) is 0 Å². The Morgan fingerprint density at radius 1 is 1.29 bits per heavy atom. The van der Waals surface area contributed by atoms with Gasteiger partial charge in [-0.05, 0) is 42.2 Å². The van der Waals surface area contributed by atoms with E-state index in [0.29, 0.717) is 23.0 Å². The van der Waals surface area contributed by atoms with Crippen molar-refractivity contribution in [3.63, 3.8) is 0 Å². The number of benzene rings is 1. The van der Waals surface area contributed by atoms with E-state index >= 15 is 0 Å². The third-order valence-corrected chi connectivity index (χ3v) is 4.28. The molecule has 5 heteroatoms. The topological polar surface area (TPSA) is 57.8 Å². The van der Waals surface area contributed by atoms with Crippen molar-refractivity contribution in [2.24, 2.45) is 0 Å². The summed E-state index contributed by atoms with van der Waals surface area (Å²) in [4.78, 5) is 19.7. The molecule has 0 radical (unpaired) electrons. The molecule has 0 saturated carbocycles. The third-order valence-electron chi connectivity index (χ3n) is 4.05. The molecule has 4 nitrogen and oxygen atoms in total. The fraction of sp³-hybridized carbons (Fsp3) is 0.263.